The first-order chi connectivity index (χ1) is 15.6. The lowest BCUT2D eigenvalue weighted by atomic mass is 9.75. The third-order valence-electron chi connectivity index (χ3n) is 6.60. The van der Waals surface area contributed by atoms with E-state index in [4.69, 9.17) is 5.73 Å². The number of hydrogen-bond acceptors (Lipinski definition) is 6. The van der Waals surface area contributed by atoms with Gasteiger partial charge in [-0.2, -0.15) is 13.2 Å². The van der Waals surface area contributed by atoms with E-state index in [0.717, 1.165) is 17.1 Å². The van der Waals surface area contributed by atoms with Gasteiger partial charge in [0.1, 0.15) is 18.0 Å². The highest BCUT2D eigenvalue weighted by Crippen LogP contribution is 2.44. The molecule has 1 aliphatic carbocycles. The molecule has 4 rings (SSSR count). The molecule has 1 amide bonds. The summed E-state index contributed by atoms with van der Waals surface area (Å²) in [4.78, 5) is 28.8. The molecular formula is C23H27F3N6O. The van der Waals surface area contributed by atoms with E-state index >= 15 is 0 Å². The molecule has 2 aromatic rings. The number of nitrogen functional groups attached to an aromatic ring is 1. The minimum Gasteiger partial charge on any atom is -0.384 e. The summed E-state index contributed by atoms with van der Waals surface area (Å²) in [6, 6.07) is 1.27. The molecule has 2 aliphatic rings. The van der Waals surface area contributed by atoms with Crippen molar-refractivity contribution < 1.29 is 18.0 Å². The lowest BCUT2D eigenvalue weighted by molar-refractivity contribution is -0.139. The van der Waals surface area contributed by atoms with Crippen LogP contribution < -0.4 is 10.6 Å². The maximum Gasteiger partial charge on any atom is 0.418 e. The molecule has 1 fully saturated rings. The smallest absolute Gasteiger partial charge is 0.384 e. The van der Waals surface area contributed by atoms with Crippen LogP contribution in [0.1, 0.15) is 40.9 Å². The number of aryl methyl sites for hydroxylation is 1. The van der Waals surface area contributed by atoms with Gasteiger partial charge in [-0.3, -0.25) is 4.79 Å². The van der Waals surface area contributed by atoms with E-state index in [1.54, 1.807) is 4.90 Å². The van der Waals surface area contributed by atoms with Gasteiger partial charge in [0.15, 0.2) is 0 Å². The van der Waals surface area contributed by atoms with Crippen LogP contribution in [0.4, 0.5) is 24.8 Å². The fourth-order valence-corrected chi connectivity index (χ4v) is 4.96. The summed E-state index contributed by atoms with van der Waals surface area (Å²) < 4.78 is 41.7. The zero-order valence-corrected chi connectivity index (χ0v) is 18.7. The molecule has 7 nitrogen and oxygen atoms in total. The number of amides is 1. The van der Waals surface area contributed by atoms with Gasteiger partial charge in [0.05, 0.1) is 11.3 Å². The van der Waals surface area contributed by atoms with Crippen molar-refractivity contribution in [2.75, 3.05) is 36.8 Å². The van der Waals surface area contributed by atoms with Crippen LogP contribution in [0.25, 0.3) is 0 Å². The molecule has 2 atom stereocenters. The third kappa shape index (κ3) is 4.38. The molecule has 176 valence electrons. The molecule has 2 N–H and O–H groups in total. The predicted molar refractivity (Wildman–Crippen MR) is 119 cm³/mol. The van der Waals surface area contributed by atoms with Gasteiger partial charge >= 0.3 is 6.18 Å². The van der Waals surface area contributed by atoms with Gasteiger partial charge in [0.2, 0.25) is 5.91 Å². The quantitative estimate of drug-likeness (QED) is 0.708. The van der Waals surface area contributed by atoms with Gasteiger partial charge in [0.25, 0.3) is 0 Å². The lowest BCUT2D eigenvalue weighted by Crippen LogP contribution is -2.49. The molecule has 0 aromatic carbocycles. The highest BCUT2D eigenvalue weighted by Gasteiger charge is 2.41. The van der Waals surface area contributed by atoms with Crippen molar-refractivity contribution in [3.05, 3.63) is 53.1 Å². The predicted octanol–water partition coefficient (Wildman–Crippen LogP) is 3.13. The molecule has 0 unspecified atom stereocenters. The summed E-state index contributed by atoms with van der Waals surface area (Å²) in [5.41, 5.74) is 6.91. The molecule has 0 radical (unpaired) electrons. The first-order valence-corrected chi connectivity index (χ1v) is 10.9. The molecule has 10 heteroatoms. The second kappa shape index (κ2) is 8.64. The molecule has 2 aromatic heterocycles. The number of fused-ring (bicyclic) bond motifs is 1. The molecule has 1 saturated heterocycles. The SMILES string of the molecule is C=CC(=O)N1CCN(c2ncnc3c2C[C@@H](C)[C@H](c2nc(N)cc(C)c2C(F)(F)F)C3)CC1. The highest BCUT2D eigenvalue weighted by molar-refractivity contribution is 5.87. The van der Waals surface area contributed by atoms with Crippen molar-refractivity contribution in [2.24, 2.45) is 5.92 Å². The average molecular weight is 461 g/mol. The van der Waals surface area contributed by atoms with Crippen LogP contribution in [0.15, 0.2) is 25.0 Å². The third-order valence-corrected chi connectivity index (χ3v) is 6.60. The van der Waals surface area contributed by atoms with Gasteiger partial charge in [-0.25, -0.2) is 15.0 Å². The minimum absolute atomic E-state index is 0.00476. The largest absolute Gasteiger partial charge is 0.418 e. The standard InChI is InChI=1S/C23H27F3N6O/c1-4-19(33)31-5-7-32(8-6-31)22-16-9-13(2)15(11-17(16)28-12-29-22)21-20(23(24,25)26)14(3)10-18(27)30-21/h4,10,12-13,15H,1,5-9,11H2,2-3H3,(H2,27,30)/t13-,15-/m1/s1. The molecule has 0 spiro atoms. The van der Waals surface area contributed by atoms with Crippen LogP contribution in [0.5, 0.6) is 0 Å². The summed E-state index contributed by atoms with van der Waals surface area (Å²) in [5, 5.41) is 0. The molecule has 1 aliphatic heterocycles. The summed E-state index contributed by atoms with van der Waals surface area (Å²) in [6.07, 6.45) is -0.870. The van der Waals surface area contributed by atoms with E-state index in [1.165, 1.54) is 25.4 Å². The number of rotatable bonds is 3. The molecule has 33 heavy (non-hydrogen) atoms. The summed E-state index contributed by atoms with van der Waals surface area (Å²) >= 11 is 0. The Balaban J connectivity index is 1.65. The van der Waals surface area contributed by atoms with Crippen molar-refractivity contribution in [2.45, 2.75) is 38.8 Å². The first-order valence-electron chi connectivity index (χ1n) is 10.9. The van der Waals surface area contributed by atoms with Crippen LogP contribution >= 0.6 is 0 Å². The summed E-state index contributed by atoms with van der Waals surface area (Å²) in [5.74, 6) is 0.218. The first kappa shape index (κ1) is 23.0. The maximum absolute atomic E-state index is 13.9. The maximum atomic E-state index is 13.9. The van der Waals surface area contributed by atoms with Crippen molar-refractivity contribution in [1.82, 2.24) is 19.9 Å². The Hall–Kier alpha value is -3.17. The number of carbonyl (C=O) groups excluding carboxylic acids is 1. The number of nitrogens with zero attached hydrogens (tertiary/aromatic N) is 5. The molecule has 0 saturated carbocycles. The van der Waals surface area contributed by atoms with E-state index in [1.807, 2.05) is 6.92 Å². The number of carbonyl (C=O) groups is 1. The number of alkyl halides is 3. The van der Waals surface area contributed by atoms with Crippen molar-refractivity contribution >= 4 is 17.5 Å². The van der Waals surface area contributed by atoms with Crippen molar-refractivity contribution in [3.8, 4) is 0 Å². The second-order valence-electron chi connectivity index (χ2n) is 8.75. The van der Waals surface area contributed by atoms with Crippen LogP contribution in [0, 0.1) is 12.8 Å². The van der Waals surface area contributed by atoms with E-state index in [0.29, 0.717) is 39.0 Å². The summed E-state index contributed by atoms with van der Waals surface area (Å²) in [6.45, 7) is 9.25. The molecular weight excluding hydrogens is 433 g/mol. The Kier molecular flexibility index (Phi) is 6.02. The summed E-state index contributed by atoms with van der Waals surface area (Å²) in [7, 11) is 0. The van der Waals surface area contributed by atoms with Crippen LogP contribution in [0.2, 0.25) is 0 Å². The number of anilines is 2. The van der Waals surface area contributed by atoms with Gasteiger partial charge < -0.3 is 15.5 Å². The monoisotopic (exact) mass is 460 g/mol. The fraction of sp³-hybridized carbons (Fsp3) is 0.478. The van der Waals surface area contributed by atoms with Gasteiger partial charge in [-0.1, -0.05) is 13.5 Å². The highest BCUT2D eigenvalue weighted by atomic mass is 19.4. The number of piperazine rings is 1. The van der Waals surface area contributed by atoms with Gasteiger partial charge in [-0.15, -0.1) is 0 Å². The topological polar surface area (TPSA) is 88.2 Å². The van der Waals surface area contributed by atoms with Crippen LogP contribution in [-0.4, -0.2) is 51.9 Å². The van der Waals surface area contributed by atoms with Gasteiger partial charge in [-0.05, 0) is 43.4 Å². The zero-order chi connectivity index (χ0) is 23.9. The Morgan fingerprint density at radius 3 is 2.55 bits per heavy atom. The Labute approximate surface area is 190 Å². The number of hydrogen-bond donors (Lipinski definition) is 1. The van der Waals surface area contributed by atoms with Crippen molar-refractivity contribution in [1.29, 1.82) is 0 Å². The van der Waals surface area contributed by atoms with Crippen molar-refractivity contribution in [3.63, 3.8) is 0 Å². The minimum atomic E-state index is -4.51. The Bertz CT molecular complexity index is 1080. The number of nitrogens with two attached hydrogens (primary N) is 1. The molecule has 0 bridgehead atoms. The van der Waals surface area contributed by atoms with Crippen LogP contribution in [-0.2, 0) is 23.8 Å². The van der Waals surface area contributed by atoms with E-state index in [9.17, 15) is 18.0 Å². The normalized spacial score (nSPS) is 21.0. The zero-order valence-electron chi connectivity index (χ0n) is 18.7. The Morgan fingerprint density at radius 1 is 1.21 bits per heavy atom. The van der Waals surface area contributed by atoms with E-state index < -0.39 is 17.7 Å². The van der Waals surface area contributed by atoms with E-state index in [2.05, 4.69) is 26.4 Å². The fourth-order valence-electron chi connectivity index (χ4n) is 4.96. The van der Waals surface area contributed by atoms with E-state index in [-0.39, 0.29) is 28.9 Å². The number of halogens is 3. The average Bonchev–Trinajstić information content (AvgIpc) is 2.76. The molecule has 3 heterocycles. The van der Waals surface area contributed by atoms with Crippen LogP contribution in [0.3, 0.4) is 0 Å². The number of aromatic nitrogens is 3. The van der Waals surface area contributed by atoms with Gasteiger partial charge in [0, 0.05) is 43.4 Å². The Morgan fingerprint density at radius 2 is 1.91 bits per heavy atom. The number of pyridine rings is 1. The lowest BCUT2D eigenvalue weighted by Gasteiger charge is -2.38. The second-order valence-corrected chi connectivity index (χ2v) is 8.75.